The molecule has 0 radical (unpaired) electrons. The lowest BCUT2D eigenvalue weighted by molar-refractivity contribution is -0.375. The first-order valence-corrected chi connectivity index (χ1v) is 29.3. The minimum absolute atomic E-state index is 0.0130. The van der Waals surface area contributed by atoms with Gasteiger partial charge in [-0.25, -0.2) is 4.18 Å². The van der Waals surface area contributed by atoms with Crippen LogP contribution in [0.5, 0.6) is 0 Å². The Bertz CT molecular complexity index is 2360. The second-order valence-corrected chi connectivity index (χ2v) is 29.6. The average Bonchev–Trinajstić information content (AvgIpc) is 3.85. The zero-order chi connectivity index (χ0) is 49.1. The summed E-state index contributed by atoms with van der Waals surface area (Å²) in [6.07, 6.45) is 19.7. The van der Waals surface area contributed by atoms with Crippen LogP contribution < -0.4 is 0 Å². The topological polar surface area (TPSA) is 141 Å². The molecule has 6 aliphatic heterocycles. The Morgan fingerprint density at radius 3 is 2.10 bits per heavy atom. The van der Waals surface area contributed by atoms with Gasteiger partial charge in [-0.15, -0.1) is 0 Å². The molecular formula is C58H88O10S. The van der Waals surface area contributed by atoms with E-state index in [1.807, 2.05) is 13.8 Å². The number of rotatable bonds is 8. The van der Waals surface area contributed by atoms with Crippen LogP contribution in [0.2, 0.25) is 0 Å². The smallest absolute Gasteiger partial charge is 0.372 e. The van der Waals surface area contributed by atoms with E-state index in [2.05, 4.69) is 68.4 Å². The molecule has 18 unspecified atom stereocenters. The Balaban J connectivity index is 0.778. The van der Waals surface area contributed by atoms with E-state index in [4.69, 9.17) is 23.1 Å². The van der Waals surface area contributed by atoms with Gasteiger partial charge in [0.15, 0.2) is 11.6 Å². The number of hydrogen-bond donors (Lipinski definition) is 3. The van der Waals surface area contributed by atoms with E-state index in [1.54, 1.807) is 11.1 Å². The molecule has 11 heteroatoms. The van der Waals surface area contributed by atoms with E-state index >= 15 is 0 Å². The van der Waals surface area contributed by atoms with Crippen molar-refractivity contribution in [3.8, 4) is 0 Å². The van der Waals surface area contributed by atoms with Crippen molar-refractivity contribution in [1.29, 1.82) is 0 Å². The Hall–Kier alpha value is -1.15. The van der Waals surface area contributed by atoms with E-state index in [0.29, 0.717) is 67.5 Å². The van der Waals surface area contributed by atoms with E-state index in [1.165, 1.54) is 36.0 Å². The number of hydrogen-bond acceptors (Lipinski definition) is 9. The standard InChI is InChI=1S/C58H88O10S/c1-33(38-14-16-40-36-13-18-46-49(3,4)57(59)26-24-55(46,31-64-57)42(36)20-22-52(38,40)9)12-19-47-54(11)30-35(51(7,8)68-54)28-44(66-47)34(2)39-15-17-41-37-29-45(67-69(61,62)63)48-50(5,6)58(60)27-25-56(48,32-65-58)43(37)21-23-53(39,41)10/h18,33-35,38-41,44-45,47-48,59-60H,12-17,19-32H2,1-11H3,(H,61,62,63). The van der Waals surface area contributed by atoms with Crippen molar-refractivity contribution < 1.29 is 46.3 Å². The van der Waals surface area contributed by atoms with Crippen molar-refractivity contribution in [3.63, 3.8) is 0 Å². The van der Waals surface area contributed by atoms with E-state index < -0.39 is 38.9 Å². The van der Waals surface area contributed by atoms with Crippen molar-refractivity contribution in [1.82, 2.24) is 0 Å². The highest BCUT2D eigenvalue weighted by Crippen LogP contribution is 2.74. The van der Waals surface area contributed by atoms with Gasteiger partial charge in [-0.1, -0.05) is 89.3 Å². The molecule has 0 aromatic carbocycles. The SMILES string of the molecule is CC(CCC1OC(C(C)C2CCC3C4=C(CCC32C)C23CCC(O)(OC2)C(C)(C)C3C(OS(=O)(=O)O)C4)CC2CC1(C)OC2(C)C)C1CCC2C3=C(CCC21C)C12CCC(O)(OC1)C(C)(C)C2=CC3. The molecule has 14 aliphatic rings. The fraction of sp³-hybridized carbons (Fsp3) is 0.897. The summed E-state index contributed by atoms with van der Waals surface area (Å²) in [5.74, 6) is 0.650. The lowest BCUT2D eigenvalue weighted by atomic mass is 9.42. The minimum atomic E-state index is -4.73. The van der Waals surface area contributed by atoms with Crippen LogP contribution in [0.4, 0.5) is 0 Å². The molecule has 8 aliphatic carbocycles. The maximum atomic E-state index is 12.6. The summed E-state index contributed by atoms with van der Waals surface area (Å²) in [7, 11) is -4.73. The van der Waals surface area contributed by atoms with Crippen LogP contribution >= 0.6 is 0 Å². The second-order valence-electron chi connectivity index (χ2n) is 28.5. The first-order valence-electron chi connectivity index (χ1n) is 28.0. The van der Waals surface area contributed by atoms with Gasteiger partial charge in [-0.05, 0) is 176 Å². The number of allylic oxidation sites excluding steroid dienone is 2. The third-order valence-electron chi connectivity index (χ3n) is 24.9. The summed E-state index contributed by atoms with van der Waals surface area (Å²) < 4.78 is 68.5. The summed E-state index contributed by atoms with van der Waals surface area (Å²) in [5, 5.41) is 23.3. The molecule has 10 nitrogen and oxygen atoms in total. The van der Waals surface area contributed by atoms with Gasteiger partial charge < -0.3 is 29.2 Å². The summed E-state index contributed by atoms with van der Waals surface area (Å²) >= 11 is 0. The first-order chi connectivity index (χ1) is 32.1. The fourth-order valence-electron chi connectivity index (χ4n) is 21.3. The van der Waals surface area contributed by atoms with Crippen LogP contribution in [0.25, 0.3) is 0 Å². The lowest BCUT2D eigenvalue weighted by Gasteiger charge is -2.68. The van der Waals surface area contributed by atoms with Gasteiger partial charge in [0, 0.05) is 40.4 Å². The molecule has 3 N–H and O–H groups in total. The quantitative estimate of drug-likeness (QED) is 0.159. The number of fused-ring (bicyclic) bond motifs is 10. The van der Waals surface area contributed by atoms with E-state index in [9.17, 15) is 23.2 Å². The fourth-order valence-corrected chi connectivity index (χ4v) is 21.8. The zero-order valence-electron chi connectivity index (χ0n) is 44.2. The molecular weight excluding hydrogens is 889 g/mol. The molecule has 6 saturated heterocycles. The molecule has 0 amide bonds. The zero-order valence-corrected chi connectivity index (χ0v) is 45.0. The maximum absolute atomic E-state index is 12.6. The summed E-state index contributed by atoms with van der Waals surface area (Å²) in [6.45, 7) is 26.6. The van der Waals surface area contributed by atoms with Crippen LogP contribution in [-0.4, -0.2) is 77.5 Å². The summed E-state index contributed by atoms with van der Waals surface area (Å²) in [6, 6.07) is 0. The molecule has 14 rings (SSSR count). The molecule has 2 spiro atoms. The minimum Gasteiger partial charge on any atom is -0.372 e. The Morgan fingerprint density at radius 2 is 1.43 bits per heavy atom. The molecule has 18 atom stereocenters. The molecule has 386 valence electrons. The van der Waals surface area contributed by atoms with Crippen molar-refractivity contribution in [2.24, 2.45) is 79.8 Å². The van der Waals surface area contributed by atoms with Crippen molar-refractivity contribution in [2.45, 2.75) is 233 Å². The second kappa shape index (κ2) is 15.0. The van der Waals surface area contributed by atoms with Crippen LogP contribution in [0.15, 0.2) is 33.9 Å². The normalized spacial score (nSPS) is 51.7. The van der Waals surface area contributed by atoms with Crippen molar-refractivity contribution in [3.05, 3.63) is 33.9 Å². The molecule has 6 bridgehead atoms. The molecule has 10 fully saturated rings. The largest absolute Gasteiger partial charge is 0.397 e. The highest BCUT2D eigenvalue weighted by molar-refractivity contribution is 7.80. The van der Waals surface area contributed by atoms with Crippen LogP contribution in [0.1, 0.15) is 192 Å². The third kappa shape index (κ3) is 6.45. The number of aliphatic hydroxyl groups is 2. The van der Waals surface area contributed by atoms with Crippen molar-refractivity contribution >= 4 is 10.4 Å². The lowest BCUT2D eigenvalue weighted by Crippen LogP contribution is -2.71. The highest BCUT2D eigenvalue weighted by atomic mass is 32.3. The van der Waals surface area contributed by atoms with Crippen LogP contribution in [0.3, 0.4) is 0 Å². The third-order valence-corrected chi connectivity index (χ3v) is 25.4. The van der Waals surface area contributed by atoms with E-state index in [0.717, 1.165) is 83.5 Å². The predicted octanol–water partition coefficient (Wildman–Crippen LogP) is 11.6. The van der Waals surface area contributed by atoms with Crippen LogP contribution in [-0.2, 0) is 33.5 Å². The molecule has 6 heterocycles. The van der Waals surface area contributed by atoms with E-state index in [-0.39, 0.29) is 51.0 Å². The molecule has 69 heavy (non-hydrogen) atoms. The number of ether oxygens (including phenoxy) is 4. The monoisotopic (exact) mass is 977 g/mol. The molecule has 0 aromatic rings. The van der Waals surface area contributed by atoms with Gasteiger partial charge in [-0.3, -0.25) is 4.55 Å². The molecule has 0 aromatic heterocycles. The summed E-state index contributed by atoms with van der Waals surface area (Å²) in [5.41, 5.74) is 5.82. The average molecular weight is 977 g/mol. The van der Waals surface area contributed by atoms with Gasteiger partial charge in [0.25, 0.3) is 0 Å². The maximum Gasteiger partial charge on any atom is 0.397 e. The van der Waals surface area contributed by atoms with Crippen LogP contribution in [0, 0.1) is 79.8 Å². The van der Waals surface area contributed by atoms with Gasteiger partial charge in [0.05, 0.1) is 42.7 Å². The summed E-state index contributed by atoms with van der Waals surface area (Å²) in [4.78, 5) is 0. The Morgan fingerprint density at radius 1 is 0.783 bits per heavy atom. The van der Waals surface area contributed by atoms with Gasteiger partial charge >= 0.3 is 10.4 Å². The predicted molar refractivity (Wildman–Crippen MR) is 264 cm³/mol. The van der Waals surface area contributed by atoms with Gasteiger partial charge in [0.1, 0.15) is 0 Å². The van der Waals surface area contributed by atoms with Gasteiger partial charge in [-0.2, -0.15) is 8.42 Å². The van der Waals surface area contributed by atoms with Crippen molar-refractivity contribution in [2.75, 3.05) is 13.2 Å². The first kappa shape index (κ1) is 48.8. The Labute approximate surface area is 414 Å². The Kier molecular flexibility index (Phi) is 10.6. The highest BCUT2D eigenvalue weighted by Gasteiger charge is 2.72. The van der Waals surface area contributed by atoms with Gasteiger partial charge in [0.2, 0.25) is 0 Å². The molecule has 4 saturated carbocycles.